The first-order valence-electron chi connectivity index (χ1n) is 9.73. The number of benzene rings is 3. The normalized spacial score (nSPS) is 15.8. The van der Waals surface area contributed by atoms with Crippen LogP contribution in [0.1, 0.15) is 29.9 Å². The van der Waals surface area contributed by atoms with Crippen LogP contribution in [0, 0.1) is 0 Å². The second-order valence-electron chi connectivity index (χ2n) is 6.82. The molecule has 1 amide bonds. The summed E-state index contributed by atoms with van der Waals surface area (Å²) in [6.45, 7) is 0.579. The summed E-state index contributed by atoms with van der Waals surface area (Å²) in [6, 6.07) is 25.8. The van der Waals surface area contributed by atoms with E-state index in [0.29, 0.717) is 18.2 Å². The molecule has 148 valence electrons. The third kappa shape index (κ3) is 4.29. The lowest BCUT2D eigenvalue weighted by molar-refractivity contribution is -0.118. The number of rotatable bonds is 7. The average Bonchev–Trinajstić information content (AvgIpc) is 2.77. The molecule has 4 rings (SSSR count). The monoisotopic (exact) mass is 423 g/mol. The first-order chi connectivity index (χ1) is 14.3. The van der Waals surface area contributed by atoms with E-state index in [1.54, 1.807) is 4.31 Å². The van der Waals surface area contributed by atoms with Crippen molar-refractivity contribution in [2.45, 2.75) is 23.7 Å². The predicted octanol–water partition coefficient (Wildman–Crippen LogP) is 6.27. The minimum absolute atomic E-state index is 0.0386. The molecule has 1 aliphatic heterocycles. The summed E-state index contributed by atoms with van der Waals surface area (Å²) in [5, 5.41) is 0. The van der Waals surface area contributed by atoms with Gasteiger partial charge in [-0.1, -0.05) is 60.7 Å². The largest absolute Gasteiger partial charge is 0.491 e. The molecule has 0 spiro atoms. The van der Waals surface area contributed by atoms with Crippen molar-refractivity contribution in [3.8, 4) is 5.75 Å². The van der Waals surface area contributed by atoms with Crippen LogP contribution in [0.25, 0.3) is 0 Å². The molecule has 0 bridgehead atoms. The fraction of sp³-hybridized carbons (Fsp3) is 0.208. The SMILES string of the molecule is O=C1C(c2ccccc2)c2ccccc2SN1c1ccccc1OCCCCCl. The van der Waals surface area contributed by atoms with Crippen molar-refractivity contribution in [2.24, 2.45) is 0 Å². The molecule has 0 saturated carbocycles. The summed E-state index contributed by atoms with van der Waals surface area (Å²) >= 11 is 7.22. The van der Waals surface area contributed by atoms with Gasteiger partial charge in [0.15, 0.2) is 0 Å². The molecule has 3 aromatic carbocycles. The van der Waals surface area contributed by atoms with Crippen molar-refractivity contribution in [1.29, 1.82) is 0 Å². The van der Waals surface area contributed by atoms with Gasteiger partial charge in [0.1, 0.15) is 5.75 Å². The van der Waals surface area contributed by atoms with Gasteiger partial charge in [-0.05, 0) is 54.1 Å². The molecule has 0 N–H and O–H groups in total. The van der Waals surface area contributed by atoms with Gasteiger partial charge in [-0.25, -0.2) is 4.31 Å². The van der Waals surface area contributed by atoms with E-state index in [4.69, 9.17) is 16.3 Å². The van der Waals surface area contributed by atoms with Gasteiger partial charge in [-0.2, -0.15) is 0 Å². The summed E-state index contributed by atoms with van der Waals surface area (Å²) in [6.07, 6.45) is 1.79. The zero-order valence-electron chi connectivity index (χ0n) is 16.0. The highest BCUT2D eigenvalue weighted by Crippen LogP contribution is 2.46. The number of halogens is 1. The van der Waals surface area contributed by atoms with Crippen LogP contribution in [-0.4, -0.2) is 18.4 Å². The van der Waals surface area contributed by atoms with Crippen LogP contribution in [0.5, 0.6) is 5.75 Å². The summed E-state index contributed by atoms with van der Waals surface area (Å²) in [7, 11) is 0. The number of amides is 1. The maximum Gasteiger partial charge on any atom is 0.249 e. The number of hydrogen-bond donors (Lipinski definition) is 0. The quantitative estimate of drug-likeness (QED) is 0.255. The van der Waals surface area contributed by atoms with Gasteiger partial charge in [0.25, 0.3) is 0 Å². The minimum Gasteiger partial charge on any atom is -0.491 e. The standard InChI is InChI=1S/C24H22ClNO2S/c25-16-8-9-17-28-21-14-6-5-13-20(21)26-24(27)23(18-10-2-1-3-11-18)19-12-4-7-15-22(19)29-26/h1-7,10-15,23H,8-9,16-17H2. The fourth-order valence-corrected chi connectivity index (χ4v) is 4.72. The van der Waals surface area contributed by atoms with Crippen LogP contribution >= 0.6 is 23.5 Å². The van der Waals surface area contributed by atoms with Crippen molar-refractivity contribution in [3.05, 3.63) is 90.0 Å². The van der Waals surface area contributed by atoms with Crippen LogP contribution < -0.4 is 9.04 Å². The number of carbonyl (C=O) groups is 1. The first kappa shape index (κ1) is 19.9. The maximum absolute atomic E-state index is 13.6. The summed E-state index contributed by atoms with van der Waals surface area (Å²) < 4.78 is 7.78. The Bertz CT molecular complexity index is 979. The van der Waals surface area contributed by atoms with Crippen LogP contribution in [0.3, 0.4) is 0 Å². The molecular formula is C24H22ClNO2S. The lowest BCUT2D eigenvalue weighted by Gasteiger charge is -2.33. The number of para-hydroxylation sites is 2. The van der Waals surface area contributed by atoms with Crippen LogP contribution in [0.15, 0.2) is 83.8 Å². The van der Waals surface area contributed by atoms with Gasteiger partial charge >= 0.3 is 0 Å². The third-order valence-electron chi connectivity index (χ3n) is 4.87. The molecule has 3 aromatic rings. The Morgan fingerprint density at radius 2 is 1.62 bits per heavy atom. The molecule has 1 aliphatic rings. The second kappa shape index (κ2) is 9.38. The zero-order chi connectivity index (χ0) is 20.1. The Labute approximate surface area is 180 Å². The molecular weight excluding hydrogens is 402 g/mol. The molecule has 1 heterocycles. The molecule has 0 aliphatic carbocycles. The second-order valence-corrected chi connectivity index (χ2v) is 8.18. The molecule has 1 atom stereocenters. The number of hydrogen-bond acceptors (Lipinski definition) is 3. The fourth-order valence-electron chi connectivity index (χ4n) is 3.46. The van der Waals surface area contributed by atoms with Crippen molar-refractivity contribution in [1.82, 2.24) is 0 Å². The molecule has 29 heavy (non-hydrogen) atoms. The Morgan fingerprint density at radius 3 is 2.45 bits per heavy atom. The van der Waals surface area contributed by atoms with E-state index in [1.807, 2.05) is 72.8 Å². The van der Waals surface area contributed by atoms with Crippen molar-refractivity contribution in [2.75, 3.05) is 16.8 Å². The molecule has 0 aromatic heterocycles. The molecule has 0 radical (unpaired) electrons. The Kier molecular flexibility index (Phi) is 6.43. The van der Waals surface area contributed by atoms with Gasteiger partial charge in [-0.3, -0.25) is 4.79 Å². The predicted molar refractivity (Wildman–Crippen MR) is 120 cm³/mol. The van der Waals surface area contributed by atoms with Crippen LogP contribution in [0.2, 0.25) is 0 Å². The number of unbranched alkanes of at least 4 members (excludes halogenated alkanes) is 1. The van der Waals surface area contributed by atoms with Crippen molar-refractivity contribution >= 4 is 35.1 Å². The lowest BCUT2D eigenvalue weighted by Crippen LogP contribution is -2.34. The minimum atomic E-state index is -0.335. The smallest absolute Gasteiger partial charge is 0.249 e. The Balaban J connectivity index is 1.70. The molecule has 3 nitrogen and oxygen atoms in total. The zero-order valence-corrected chi connectivity index (χ0v) is 17.5. The number of fused-ring (bicyclic) bond motifs is 1. The summed E-state index contributed by atoms with van der Waals surface area (Å²) in [5.74, 6) is 1.05. The van der Waals surface area contributed by atoms with Gasteiger partial charge in [0.05, 0.1) is 18.2 Å². The highest BCUT2D eigenvalue weighted by molar-refractivity contribution is 8.01. The van der Waals surface area contributed by atoms with E-state index in [1.165, 1.54) is 11.9 Å². The van der Waals surface area contributed by atoms with Gasteiger partial charge in [0, 0.05) is 10.8 Å². The Morgan fingerprint density at radius 1 is 0.897 bits per heavy atom. The lowest BCUT2D eigenvalue weighted by atomic mass is 9.90. The molecule has 0 saturated heterocycles. The van der Waals surface area contributed by atoms with E-state index in [9.17, 15) is 4.79 Å². The molecule has 0 fully saturated rings. The topological polar surface area (TPSA) is 29.5 Å². The van der Waals surface area contributed by atoms with E-state index in [0.717, 1.165) is 34.6 Å². The number of ether oxygens (including phenoxy) is 1. The van der Waals surface area contributed by atoms with E-state index in [-0.39, 0.29) is 11.8 Å². The van der Waals surface area contributed by atoms with Gasteiger partial charge < -0.3 is 4.74 Å². The van der Waals surface area contributed by atoms with E-state index in [2.05, 4.69) is 6.07 Å². The van der Waals surface area contributed by atoms with Crippen LogP contribution in [-0.2, 0) is 4.79 Å². The van der Waals surface area contributed by atoms with Crippen molar-refractivity contribution < 1.29 is 9.53 Å². The van der Waals surface area contributed by atoms with Gasteiger partial charge in [-0.15, -0.1) is 11.6 Å². The summed E-state index contributed by atoms with van der Waals surface area (Å²) in [4.78, 5) is 14.7. The van der Waals surface area contributed by atoms with Crippen molar-refractivity contribution in [3.63, 3.8) is 0 Å². The highest BCUT2D eigenvalue weighted by atomic mass is 35.5. The maximum atomic E-state index is 13.6. The molecule has 5 heteroatoms. The number of anilines is 1. The van der Waals surface area contributed by atoms with E-state index < -0.39 is 0 Å². The number of alkyl halides is 1. The van der Waals surface area contributed by atoms with Crippen LogP contribution in [0.4, 0.5) is 5.69 Å². The highest BCUT2D eigenvalue weighted by Gasteiger charge is 2.36. The third-order valence-corrected chi connectivity index (χ3v) is 6.26. The summed E-state index contributed by atoms with van der Waals surface area (Å²) in [5.41, 5.74) is 2.82. The van der Waals surface area contributed by atoms with E-state index >= 15 is 0 Å². The van der Waals surface area contributed by atoms with Gasteiger partial charge in [0.2, 0.25) is 5.91 Å². The average molecular weight is 424 g/mol. The Hall–Kier alpha value is -2.43. The molecule has 1 unspecified atom stereocenters. The number of nitrogens with zero attached hydrogens (tertiary/aromatic N) is 1. The first-order valence-corrected chi connectivity index (χ1v) is 11.0. The number of carbonyl (C=O) groups excluding carboxylic acids is 1.